The Bertz CT molecular complexity index is 2260. The highest BCUT2D eigenvalue weighted by Gasteiger charge is 2.20. The van der Waals surface area contributed by atoms with E-state index in [-0.39, 0.29) is 17.4 Å². The van der Waals surface area contributed by atoms with Gasteiger partial charge in [0.15, 0.2) is 11.2 Å². The van der Waals surface area contributed by atoms with Crippen molar-refractivity contribution in [3.8, 4) is 56.7 Å². The van der Waals surface area contributed by atoms with Crippen LogP contribution in [0, 0.1) is 0 Å². The van der Waals surface area contributed by atoms with E-state index in [4.69, 9.17) is 18.8 Å². The number of benzene rings is 6. The SMILES string of the molecule is CCCCCC(c1ccc2oc(-c3ccc(O)c(-c4ccccc4)c3)nc2c1)c1ccc2oc(-c3ccc(O)c(-c4ccccc4)c3)nc2c1. The van der Waals surface area contributed by atoms with Gasteiger partial charge in [-0.1, -0.05) is 99.0 Å². The van der Waals surface area contributed by atoms with Gasteiger partial charge >= 0.3 is 0 Å². The lowest BCUT2D eigenvalue weighted by molar-refractivity contribution is 0.477. The average molecular weight is 657 g/mol. The Balaban J connectivity index is 1.13. The van der Waals surface area contributed by atoms with Crippen LogP contribution in [0.3, 0.4) is 0 Å². The van der Waals surface area contributed by atoms with Crippen LogP contribution in [0.4, 0.5) is 0 Å². The van der Waals surface area contributed by atoms with Gasteiger partial charge in [0.25, 0.3) is 0 Å². The third-order valence-electron chi connectivity index (χ3n) is 9.38. The normalized spacial score (nSPS) is 11.6. The maximum Gasteiger partial charge on any atom is 0.227 e. The highest BCUT2D eigenvalue weighted by Crippen LogP contribution is 2.38. The Kier molecular flexibility index (Phi) is 8.35. The van der Waals surface area contributed by atoms with Crippen molar-refractivity contribution in [3.05, 3.63) is 145 Å². The molecule has 6 aromatic carbocycles. The zero-order chi connectivity index (χ0) is 34.0. The van der Waals surface area contributed by atoms with E-state index in [9.17, 15) is 10.2 Å². The molecule has 0 unspecified atom stereocenters. The summed E-state index contributed by atoms with van der Waals surface area (Å²) in [5.41, 5.74) is 10.3. The van der Waals surface area contributed by atoms with E-state index in [2.05, 4.69) is 31.2 Å². The number of hydrogen-bond acceptors (Lipinski definition) is 6. The molecule has 246 valence electrons. The summed E-state index contributed by atoms with van der Waals surface area (Å²) in [6, 6.07) is 43.1. The molecule has 50 heavy (non-hydrogen) atoms. The van der Waals surface area contributed by atoms with Crippen molar-refractivity contribution in [2.24, 2.45) is 0 Å². The summed E-state index contributed by atoms with van der Waals surface area (Å²) in [5, 5.41) is 21.2. The first kappa shape index (κ1) is 31.1. The van der Waals surface area contributed by atoms with Crippen molar-refractivity contribution in [2.75, 3.05) is 0 Å². The van der Waals surface area contributed by atoms with E-state index in [1.54, 1.807) is 12.1 Å². The topological polar surface area (TPSA) is 92.5 Å². The van der Waals surface area contributed by atoms with Crippen LogP contribution in [0.15, 0.2) is 142 Å². The van der Waals surface area contributed by atoms with Crippen molar-refractivity contribution in [3.63, 3.8) is 0 Å². The molecule has 8 aromatic rings. The Morgan fingerprint density at radius 3 is 1.46 bits per heavy atom. The molecule has 0 spiro atoms. The van der Waals surface area contributed by atoms with E-state index in [0.29, 0.717) is 22.9 Å². The van der Waals surface area contributed by atoms with E-state index < -0.39 is 0 Å². The first-order chi connectivity index (χ1) is 24.5. The zero-order valence-electron chi connectivity index (χ0n) is 27.7. The van der Waals surface area contributed by atoms with Crippen LogP contribution in [0.1, 0.15) is 49.7 Å². The fraction of sp³-hybridized carbons (Fsp3) is 0.136. The Labute approximate surface area is 290 Å². The van der Waals surface area contributed by atoms with E-state index in [0.717, 1.165) is 70.1 Å². The molecule has 6 nitrogen and oxygen atoms in total. The molecular formula is C44H36N2O4. The van der Waals surface area contributed by atoms with Gasteiger partial charge < -0.3 is 19.0 Å². The van der Waals surface area contributed by atoms with Crippen LogP contribution in [-0.2, 0) is 0 Å². The van der Waals surface area contributed by atoms with Crippen molar-refractivity contribution < 1.29 is 19.0 Å². The second kappa shape index (κ2) is 13.4. The molecule has 0 saturated carbocycles. The molecule has 2 N–H and O–H groups in total. The van der Waals surface area contributed by atoms with E-state index in [1.165, 1.54) is 11.1 Å². The first-order valence-corrected chi connectivity index (χ1v) is 17.1. The molecule has 8 rings (SSSR count). The molecule has 0 aliphatic carbocycles. The number of oxazole rings is 2. The smallest absolute Gasteiger partial charge is 0.227 e. The van der Waals surface area contributed by atoms with Gasteiger partial charge in [-0.2, -0.15) is 0 Å². The summed E-state index contributed by atoms with van der Waals surface area (Å²) in [5.74, 6) is 1.58. The van der Waals surface area contributed by atoms with Crippen molar-refractivity contribution in [1.29, 1.82) is 0 Å². The second-order valence-corrected chi connectivity index (χ2v) is 12.7. The minimum Gasteiger partial charge on any atom is -0.507 e. The molecule has 0 aliphatic heterocycles. The predicted molar refractivity (Wildman–Crippen MR) is 199 cm³/mol. The van der Waals surface area contributed by atoms with Crippen LogP contribution in [0.25, 0.3) is 67.4 Å². The van der Waals surface area contributed by atoms with Crippen molar-refractivity contribution >= 4 is 22.2 Å². The Morgan fingerprint density at radius 1 is 0.520 bits per heavy atom. The standard InChI is InChI=1S/C44H36N2O4/c1-2-3-6-15-34(30-18-22-41-37(26-30)45-43(49-41)32-16-20-39(47)35(24-32)28-11-7-4-8-12-28)31-19-23-42-38(27-31)46-44(50-42)33-17-21-40(48)36(25-33)29-13-9-5-10-14-29/h4-5,7-14,16-27,34,47-48H,2-3,6,15H2,1H3. The molecule has 0 radical (unpaired) electrons. The number of rotatable bonds is 10. The molecule has 6 heteroatoms. The largest absolute Gasteiger partial charge is 0.507 e. The van der Waals surface area contributed by atoms with Gasteiger partial charge in [0.05, 0.1) is 0 Å². The number of fused-ring (bicyclic) bond motifs is 2. The van der Waals surface area contributed by atoms with Gasteiger partial charge in [0.1, 0.15) is 22.5 Å². The van der Waals surface area contributed by atoms with Crippen LogP contribution >= 0.6 is 0 Å². The number of nitrogens with zero attached hydrogens (tertiary/aromatic N) is 2. The summed E-state index contributed by atoms with van der Waals surface area (Å²) in [7, 11) is 0. The summed E-state index contributed by atoms with van der Waals surface area (Å²) in [4.78, 5) is 9.82. The minimum atomic E-state index is 0.132. The quantitative estimate of drug-likeness (QED) is 0.142. The van der Waals surface area contributed by atoms with Crippen molar-refractivity contribution in [1.82, 2.24) is 9.97 Å². The lowest BCUT2D eigenvalue weighted by Gasteiger charge is -2.18. The molecule has 2 aromatic heterocycles. The number of hydrogen-bond donors (Lipinski definition) is 2. The predicted octanol–water partition coefficient (Wildman–Crippen LogP) is 11.8. The van der Waals surface area contributed by atoms with E-state index >= 15 is 0 Å². The summed E-state index contributed by atoms with van der Waals surface area (Å²) < 4.78 is 12.5. The summed E-state index contributed by atoms with van der Waals surface area (Å²) in [6.45, 7) is 2.22. The monoisotopic (exact) mass is 656 g/mol. The number of phenolic OH excluding ortho intramolecular Hbond substituents is 2. The third-order valence-corrected chi connectivity index (χ3v) is 9.38. The number of aromatic hydroxyl groups is 2. The molecule has 0 bridgehead atoms. The molecule has 0 atom stereocenters. The van der Waals surface area contributed by atoms with Crippen molar-refractivity contribution in [2.45, 2.75) is 38.5 Å². The summed E-state index contributed by atoms with van der Waals surface area (Å²) in [6.07, 6.45) is 4.37. The lowest BCUT2D eigenvalue weighted by atomic mass is 9.86. The van der Waals surface area contributed by atoms with Gasteiger partial charge in [-0.15, -0.1) is 0 Å². The number of unbranched alkanes of at least 4 members (excludes halogenated alkanes) is 2. The Hall–Kier alpha value is -6.14. The van der Waals surface area contributed by atoms with Gasteiger partial charge in [-0.25, -0.2) is 9.97 Å². The molecule has 2 heterocycles. The van der Waals surface area contributed by atoms with Crippen LogP contribution in [0.2, 0.25) is 0 Å². The number of aromatic nitrogens is 2. The number of phenols is 2. The maximum absolute atomic E-state index is 10.6. The highest BCUT2D eigenvalue weighted by molar-refractivity contribution is 5.82. The maximum atomic E-state index is 10.6. The van der Waals surface area contributed by atoms with Gasteiger partial charge in [-0.05, 0) is 89.3 Å². The lowest BCUT2D eigenvalue weighted by Crippen LogP contribution is -2.02. The fourth-order valence-electron chi connectivity index (χ4n) is 6.73. The third kappa shape index (κ3) is 6.12. The highest BCUT2D eigenvalue weighted by atomic mass is 16.4. The molecule has 0 amide bonds. The molecule has 0 aliphatic rings. The van der Waals surface area contributed by atoms with Gasteiger partial charge in [0.2, 0.25) is 11.8 Å². The first-order valence-electron chi connectivity index (χ1n) is 17.1. The summed E-state index contributed by atoms with van der Waals surface area (Å²) >= 11 is 0. The van der Waals surface area contributed by atoms with E-state index in [1.807, 2.05) is 97.1 Å². The zero-order valence-corrected chi connectivity index (χ0v) is 27.7. The van der Waals surface area contributed by atoms with Crippen LogP contribution < -0.4 is 0 Å². The molecular weight excluding hydrogens is 620 g/mol. The Morgan fingerprint density at radius 2 is 1.00 bits per heavy atom. The average Bonchev–Trinajstić information content (AvgIpc) is 3.79. The second-order valence-electron chi connectivity index (χ2n) is 12.7. The molecule has 0 saturated heterocycles. The van der Waals surface area contributed by atoms with Gasteiger partial charge in [-0.3, -0.25) is 0 Å². The molecule has 0 fully saturated rings. The minimum absolute atomic E-state index is 0.132. The van der Waals surface area contributed by atoms with Crippen LogP contribution in [-0.4, -0.2) is 20.2 Å². The fourth-order valence-corrected chi connectivity index (χ4v) is 6.73. The van der Waals surface area contributed by atoms with Crippen LogP contribution in [0.5, 0.6) is 11.5 Å². The van der Waals surface area contributed by atoms with Gasteiger partial charge in [0, 0.05) is 28.2 Å².